The zero-order valence-electron chi connectivity index (χ0n) is 12.6. The number of rotatable bonds is 7. The van der Waals surface area contributed by atoms with Gasteiger partial charge in [-0.05, 0) is 57.4 Å². The molecule has 0 radical (unpaired) electrons. The summed E-state index contributed by atoms with van der Waals surface area (Å²) in [5.41, 5.74) is 6.61. The Hall–Kier alpha value is -0.0800. The molecule has 2 aliphatic rings. The fourth-order valence-corrected chi connectivity index (χ4v) is 3.39. The summed E-state index contributed by atoms with van der Waals surface area (Å²) in [7, 11) is 0. The number of hydrogen-bond acceptors (Lipinski definition) is 2. The average molecular weight is 252 g/mol. The van der Waals surface area contributed by atoms with Crippen LogP contribution < -0.4 is 5.73 Å². The van der Waals surface area contributed by atoms with Crippen molar-refractivity contribution in [1.29, 1.82) is 0 Å². The van der Waals surface area contributed by atoms with Gasteiger partial charge in [0, 0.05) is 18.1 Å². The minimum atomic E-state index is 0.0551. The molecule has 0 bridgehead atoms. The van der Waals surface area contributed by atoms with Crippen molar-refractivity contribution in [1.82, 2.24) is 4.90 Å². The lowest BCUT2D eigenvalue weighted by Crippen LogP contribution is -2.52. The minimum absolute atomic E-state index is 0.0551. The van der Waals surface area contributed by atoms with E-state index in [1.807, 2.05) is 0 Å². The van der Waals surface area contributed by atoms with E-state index in [2.05, 4.69) is 25.7 Å². The standard InChI is InChI=1S/C16H32N2/c1-13(2)10-11-18(15-6-4-5-7-15)12-16(3,17)14-8-9-14/h13-15H,4-12,17H2,1-3H3. The summed E-state index contributed by atoms with van der Waals surface area (Å²) in [6, 6.07) is 0.824. The molecular formula is C16H32N2. The highest BCUT2D eigenvalue weighted by molar-refractivity contribution is 4.98. The summed E-state index contributed by atoms with van der Waals surface area (Å²) in [6.07, 6.45) is 9.68. The zero-order valence-corrected chi connectivity index (χ0v) is 12.6. The minimum Gasteiger partial charge on any atom is -0.324 e. The molecular weight excluding hydrogens is 220 g/mol. The second-order valence-corrected chi connectivity index (χ2v) is 7.37. The van der Waals surface area contributed by atoms with Gasteiger partial charge in [-0.15, -0.1) is 0 Å². The van der Waals surface area contributed by atoms with E-state index in [1.54, 1.807) is 0 Å². The molecule has 18 heavy (non-hydrogen) atoms. The highest BCUT2D eigenvalue weighted by Crippen LogP contribution is 2.39. The Bertz CT molecular complexity index is 250. The van der Waals surface area contributed by atoms with Gasteiger partial charge in [0.1, 0.15) is 0 Å². The van der Waals surface area contributed by atoms with Crippen molar-refractivity contribution < 1.29 is 0 Å². The topological polar surface area (TPSA) is 29.3 Å². The van der Waals surface area contributed by atoms with Crippen molar-refractivity contribution in [3.8, 4) is 0 Å². The van der Waals surface area contributed by atoms with E-state index in [9.17, 15) is 0 Å². The van der Waals surface area contributed by atoms with E-state index in [0.717, 1.165) is 24.4 Å². The predicted molar refractivity (Wildman–Crippen MR) is 78.6 cm³/mol. The Balaban J connectivity index is 1.90. The number of nitrogens with two attached hydrogens (primary N) is 1. The maximum absolute atomic E-state index is 6.56. The summed E-state index contributed by atoms with van der Waals surface area (Å²) < 4.78 is 0. The van der Waals surface area contributed by atoms with Crippen LogP contribution >= 0.6 is 0 Å². The molecule has 0 amide bonds. The van der Waals surface area contributed by atoms with Gasteiger partial charge >= 0.3 is 0 Å². The van der Waals surface area contributed by atoms with E-state index in [0.29, 0.717) is 0 Å². The van der Waals surface area contributed by atoms with Crippen LogP contribution in [0.25, 0.3) is 0 Å². The maximum Gasteiger partial charge on any atom is 0.0283 e. The summed E-state index contributed by atoms with van der Waals surface area (Å²) in [5, 5.41) is 0. The van der Waals surface area contributed by atoms with Gasteiger partial charge in [-0.1, -0.05) is 26.7 Å². The summed E-state index contributed by atoms with van der Waals surface area (Å²) in [5.74, 6) is 1.60. The van der Waals surface area contributed by atoms with Crippen LogP contribution in [0.3, 0.4) is 0 Å². The monoisotopic (exact) mass is 252 g/mol. The van der Waals surface area contributed by atoms with Crippen molar-refractivity contribution in [2.24, 2.45) is 17.6 Å². The molecule has 2 nitrogen and oxygen atoms in total. The van der Waals surface area contributed by atoms with Crippen molar-refractivity contribution in [3.63, 3.8) is 0 Å². The Morgan fingerprint density at radius 3 is 2.28 bits per heavy atom. The molecule has 2 fully saturated rings. The Kier molecular flexibility index (Phi) is 4.71. The average Bonchev–Trinajstić information content (AvgIpc) is 3.02. The van der Waals surface area contributed by atoms with Crippen molar-refractivity contribution in [3.05, 3.63) is 0 Å². The summed E-state index contributed by atoms with van der Waals surface area (Å²) in [6.45, 7) is 9.31. The van der Waals surface area contributed by atoms with E-state index >= 15 is 0 Å². The molecule has 106 valence electrons. The fourth-order valence-electron chi connectivity index (χ4n) is 3.39. The molecule has 2 heteroatoms. The Labute approximate surface area is 113 Å². The lowest BCUT2D eigenvalue weighted by atomic mass is 9.95. The molecule has 1 unspecified atom stereocenters. The lowest BCUT2D eigenvalue weighted by molar-refractivity contribution is 0.142. The normalized spacial score (nSPS) is 25.0. The van der Waals surface area contributed by atoms with Crippen LogP contribution in [-0.4, -0.2) is 29.6 Å². The second kappa shape index (κ2) is 5.92. The van der Waals surface area contributed by atoms with Crippen LogP contribution in [0.5, 0.6) is 0 Å². The number of hydrogen-bond donors (Lipinski definition) is 1. The molecule has 2 saturated carbocycles. The molecule has 0 aliphatic heterocycles. The highest BCUT2D eigenvalue weighted by atomic mass is 15.2. The maximum atomic E-state index is 6.56. The highest BCUT2D eigenvalue weighted by Gasteiger charge is 2.40. The zero-order chi connectivity index (χ0) is 13.2. The molecule has 0 aromatic heterocycles. The molecule has 2 rings (SSSR count). The van der Waals surface area contributed by atoms with Gasteiger partial charge in [0.25, 0.3) is 0 Å². The first-order valence-electron chi connectivity index (χ1n) is 8.02. The Morgan fingerprint density at radius 2 is 1.78 bits per heavy atom. The predicted octanol–water partition coefficient (Wildman–Crippen LogP) is 3.40. The van der Waals surface area contributed by atoms with Gasteiger partial charge in [-0.3, -0.25) is 4.90 Å². The van der Waals surface area contributed by atoms with Gasteiger partial charge in [0.15, 0.2) is 0 Å². The van der Waals surface area contributed by atoms with Crippen molar-refractivity contribution in [2.75, 3.05) is 13.1 Å². The SMILES string of the molecule is CC(C)CCN(CC(C)(N)C1CC1)C1CCCC1. The molecule has 0 aromatic carbocycles. The largest absolute Gasteiger partial charge is 0.324 e. The quantitative estimate of drug-likeness (QED) is 0.752. The van der Waals surface area contributed by atoms with E-state index in [-0.39, 0.29) is 5.54 Å². The summed E-state index contributed by atoms with van der Waals surface area (Å²) >= 11 is 0. The molecule has 0 heterocycles. The first-order chi connectivity index (χ1) is 8.49. The van der Waals surface area contributed by atoms with Crippen LogP contribution in [0.15, 0.2) is 0 Å². The fraction of sp³-hybridized carbons (Fsp3) is 1.00. The number of nitrogens with zero attached hydrogens (tertiary/aromatic N) is 1. The van der Waals surface area contributed by atoms with Gasteiger partial charge < -0.3 is 5.73 Å². The third-order valence-electron chi connectivity index (χ3n) is 4.89. The first-order valence-corrected chi connectivity index (χ1v) is 8.02. The van der Waals surface area contributed by atoms with E-state index in [1.165, 1.54) is 51.5 Å². The first kappa shape index (κ1) is 14.3. The van der Waals surface area contributed by atoms with Crippen LogP contribution in [0.2, 0.25) is 0 Å². The van der Waals surface area contributed by atoms with Crippen LogP contribution in [0.4, 0.5) is 0 Å². The van der Waals surface area contributed by atoms with E-state index < -0.39 is 0 Å². The molecule has 2 N–H and O–H groups in total. The third-order valence-corrected chi connectivity index (χ3v) is 4.89. The van der Waals surface area contributed by atoms with Crippen LogP contribution in [0, 0.1) is 11.8 Å². The third kappa shape index (κ3) is 3.96. The van der Waals surface area contributed by atoms with Gasteiger partial charge in [-0.25, -0.2) is 0 Å². The molecule has 0 aromatic rings. The molecule has 0 saturated heterocycles. The van der Waals surface area contributed by atoms with Gasteiger partial charge in [0.2, 0.25) is 0 Å². The molecule has 1 atom stereocenters. The molecule has 2 aliphatic carbocycles. The Morgan fingerprint density at radius 1 is 1.17 bits per heavy atom. The van der Waals surface area contributed by atoms with Crippen LogP contribution in [-0.2, 0) is 0 Å². The molecule has 0 spiro atoms. The van der Waals surface area contributed by atoms with Crippen molar-refractivity contribution in [2.45, 2.75) is 77.3 Å². The second-order valence-electron chi connectivity index (χ2n) is 7.37. The van der Waals surface area contributed by atoms with Gasteiger partial charge in [0.05, 0.1) is 0 Å². The van der Waals surface area contributed by atoms with Gasteiger partial charge in [-0.2, -0.15) is 0 Å². The smallest absolute Gasteiger partial charge is 0.0283 e. The van der Waals surface area contributed by atoms with Crippen molar-refractivity contribution >= 4 is 0 Å². The summed E-state index contributed by atoms with van der Waals surface area (Å²) in [4.78, 5) is 2.73. The lowest BCUT2D eigenvalue weighted by Gasteiger charge is -2.37. The van der Waals surface area contributed by atoms with E-state index in [4.69, 9.17) is 5.73 Å². The van der Waals surface area contributed by atoms with Crippen LogP contribution in [0.1, 0.15) is 65.7 Å².